The third kappa shape index (κ3) is 2.86. The van der Waals surface area contributed by atoms with Crippen LogP contribution in [0.2, 0.25) is 0 Å². The second kappa shape index (κ2) is 5.40. The fourth-order valence-electron chi connectivity index (χ4n) is 2.48. The monoisotopic (exact) mass is 278 g/mol. The minimum atomic E-state index is 0.0698. The molecule has 0 aliphatic carbocycles. The molecule has 0 aromatic carbocycles. The van der Waals surface area contributed by atoms with Crippen molar-refractivity contribution in [1.29, 1.82) is 0 Å². The van der Waals surface area contributed by atoms with E-state index < -0.39 is 0 Å². The molecule has 2 aromatic rings. The zero-order valence-corrected chi connectivity index (χ0v) is 12.1. The van der Waals surface area contributed by atoms with Gasteiger partial charge < -0.3 is 9.30 Å². The van der Waals surface area contributed by atoms with Crippen molar-refractivity contribution in [2.24, 2.45) is 7.05 Å². The van der Waals surface area contributed by atoms with Crippen LogP contribution in [0.1, 0.15) is 22.5 Å². The topological polar surface area (TPSA) is 43.2 Å². The van der Waals surface area contributed by atoms with E-state index in [9.17, 15) is 0 Å². The number of imidazole rings is 1. The van der Waals surface area contributed by atoms with Gasteiger partial charge >= 0.3 is 0 Å². The van der Waals surface area contributed by atoms with Gasteiger partial charge in [-0.2, -0.15) is 0 Å². The normalized spacial score (nSPS) is 20.8. The lowest BCUT2D eigenvalue weighted by Crippen LogP contribution is -2.38. The van der Waals surface area contributed by atoms with E-state index in [0.29, 0.717) is 0 Å². The van der Waals surface area contributed by atoms with Crippen LogP contribution in [-0.2, 0) is 18.3 Å². The number of ether oxygens (including phenoxy) is 1. The molecule has 0 amide bonds. The summed E-state index contributed by atoms with van der Waals surface area (Å²) in [6.45, 7) is 5.59. The number of rotatable bonds is 3. The Labute approximate surface area is 116 Å². The number of hydrogen-bond donors (Lipinski definition) is 0. The smallest absolute Gasteiger partial charge is 0.139 e. The van der Waals surface area contributed by atoms with Gasteiger partial charge in [0.2, 0.25) is 0 Å². The first kappa shape index (κ1) is 12.8. The fourth-order valence-corrected chi connectivity index (χ4v) is 3.11. The van der Waals surface area contributed by atoms with Crippen molar-refractivity contribution in [3.05, 3.63) is 34.3 Å². The van der Waals surface area contributed by atoms with Gasteiger partial charge in [-0.05, 0) is 6.92 Å². The lowest BCUT2D eigenvalue weighted by molar-refractivity contribution is -0.0381. The maximum Gasteiger partial charge on any atom is 0.139 e. The predicted molar refractivity (Wildman–Crippen MR) is 74.0 cm³/mol. The average Bonchev–Trinajstić information content (AvgIpc) is 2.99. The van der Waals surface area contributed by atoms with Crippen molar-refractivity contribution in [2.75, 3.05) is 19.7 Å². The van der Waals surface area contributed by atoms with Crippen LogP contribution in [0.25, 0.3) is 0 Å². The molecule has 3 heterocycles. The molecule has 0 N–H and O–H groups in total. The Balaban J connectivity index is 1.69. The molecule has 6 heteroatoms. The first-order valence-electron chi connectivity index (χ1n) is 6.43. The van der Waals surface area contributed by atoms with E-state index in [2.05, 4.69) is 19.4 Å². The molecular weight excluding hydrogens is 260 g/mol. The summed E-state index contributed by atoms with van der Waals surface area (Å²) in [6, 6.07) is 0. The molecule has 0 bridgehead atoms. The summed E-state index contributed by atoms with van der Waals surface area (Å²) in [7, 11) is 2.03. The summed E-state index contributed by atoms with van der Waals surface area (Å²) < 4.78 is 7.94. The van der Waals surface area contributed by atoms with Gasteiger partial charge in [0, 0.05) is 44.0 Å². The molecule has 3 rings (SSSR count). The largest absolute Gasteiger partial charge is 0.368 e. The zero-order valence-electron chi connectivity index (χ0n) is 11.2. The lowest BCUT2D eigenvalue weighted by Gasteiger charge is -2.32. The highest BCUT2D eigenvalue weighted by Gasteiger charge is 2.25. The lowest BCUT2D eigenvalue weighted by atomic mass is 10.2. The molecule has 102 valence electrons. The van der Waals surface area contributed by atoms with E-state index in [1.807, 2.05) is 31.9 Å². The van der Waals surface area contributed by atoms with Crippen LogP contribution in [0.3, 0.4) is 0 Å². The Morgan fingerprint density at radius 3 is 3.11 bits per heavy atom. The molecule has 1 fully saturated rings. The second-order valence-corrected chi connectivity index (χ2v) is 5.88. The number of nitrogens with zero attached hydrogens (tertiary/aromatic N) is 4. The first-order valence-corrected chi connectivity index (χ1v) is 7.31. The number of thiazole rings is 1. The molecule has 5 nitrogen and oxygen atoms in total. The highest BCUT2D eigenvalue weighted by atomic mass is 32.1. The molecule has 1 saturated heterocycles. The molecule has 0 unspecified atom stereocenters. The summed E-state index contributed by atoms with van der Waals surface area (Å²) in [5.41, 5.74) is 2.93. The van der Waals surface area contributed by atoms with Crippen molar-refractivity contribution in [3.8, 4) is 0 Å². The summed E-state index contributed by atoms with van der Waals surface area (Å²) in [4.78, 5) is 12.4. The van der Waals surface area contributed by atoms with Crippen LogP contribution in [0.15, 0.2) is 17.9 Å². The van der Waals surface area contributed by atoms with Crippen LogP contribution in [-0.4, -0.2) is 39.1 Å². The maximum absolute atomic E-state index is 5.87. The number of morpholine rings is 1. The Bertz CT molecular complexity index is 537. The van der Waals surface area contributed by atoms with E-state index in [1.165, 1.54) is 4.88 Å². The highest BCUT2D eigenvalue weighted by Crippen LogP contribution is 2.23. The van der Waals surface area contributed by atoms with E-state index in [0.717, 1.165) is 37.8 Å². The second-order valence-electron chi connectivity index (χ2n) is 4.91. The van der Waals surface area contributed by atoms with Crippen LogP contribution >= 0.6 is 11.3 Å². The molecular formula is C13H18N4OS. The van der Waals surface area contributed by atoms with Crippen LogP contribution in [0.4, 0.5) is 0 Å². The summed E-state index contributed by atoms with van der Waals surface area (Å²) in [5.74, 6) is 1.02. The average molecular weight is 278 g/mol. The van der Waals surface area contributed by atoms with Crippen molar-refractivity contribution < 1.29 is 4.74 Å². The summed E-state index contributed by atoms with van der Waals surface area (Å²) in [6.07, 6.45) is 4.06. The van der Waals surface area contributed by atoms with Gasteiger partial charge in [-0.1, -0.05) is 0 Å². The summed E-state index contributed by atoms with van der Waals surface area (Å²) >= 11 is 1.71. The van der Waals surface area contributed by atoms with Crippen molar-refractivity contribution in [2.45, 2.75) is 19.6 Å². The Morgan fingerprint density at radius 1 is 1.53 bits per heavy atom. The van der Waals surface area contributed by atoms with Crippen molar-refractivity contribution in [1.82, 2.24) is 19.4 Å². The van der Waals surface area contributed by atoms with Gasteiger partial charge in [-0.15, -0.1) is 11.3 Å². The minimum absolute atomic E-state index is 0.0698. The first-order chi connectivity index (χ1) is 9.22. The summed E-state index contributed by atoms with van der Waals surface area (Å²) in [5, 5.41) is 0. The van der Waals surface area contributed by atoms with Crippen LogP contribution < -0.4 is 0 Å². The molecule has 2 aromatic heterocycles. The van der Waals surface area contributed by atoms with E-state index in [4.69, 9.17) is 4.74 Å². The van der Waals surface area contributed by atoms with Gasteiger partial charge in [0.15, 0.2) is 0 Å². The zero-order chi connectivity index (χ0) is 13.2. The van der Waals surface area contributed by atoms with Gasteiger partial charge in [-0.3, -0.25) is 9.88 Å². The SMILES string of the molecule is Cc1cn(C)c([C@H]2CN(Cc3cncs3)CCO2)n1. The Kier molecular flexibility index (Phi) is 3.63. The minimum Gasteiger partial charge on any atom is -0.368 e. The van der Waals surface area contributed by atoms with E-state index in [1.54, 1.807) is 11.3 Å². The van der Waals surface area contributed by atoms with E-state index >= 15 is 0 Å². The molecule has 0 spiro atoms. The molecule has 1 aliphatic heterocycles. The third-order valence-electron chi connectivity index (χ3n) is 3.33. The predicted octanol–water partition coefficient (Wildman–Crippen LogP) is 1.76. The quantitative estimate of drug-likeness (QED) is 0.858. The van der Waals surface area contributed by atoms with Crippen LogP contribution in [0.5, 0.6) is 0 Å². The van der Waals surface area contributed by atoms with Gasteiger partial charge in [0.05, 0.1) is 17.8 Å². The molecule has 0 radical (unpaired) electrons. The van der Waals surface area contributed by atoms with Crippen LogP contribution in [0, 0.1) is 6.92 Å². The number of aromatic nitrogens is 3. The Hall–Kier alpha value is -1.24. The molecule has 1 aliphatic rings. The fraction of sp³-hybridized carbons (Fsp3) is 0.538. The molecule has 0 saturated carbocycles. The Morgan fingerprint density at radius 2 is 2.42 bits per heavy atom. The van der Waals surface area contributed by atoms with Crippen molar-refractivity contribution in [3.63, 3.8) is 0 Å². The molecule has 1 atom stereocenters. The van der Waals surface area contributed by atoms with Gasteiger partial charge in [0.1, 0.15) is 11.9 Å². The number of hydrogen-bond acceptors (Lipinski definition) is 5. The van der Waals surface area contributed by atoms with E-state index in [-0.39, 0.29) is 6.10 Å². The standard InChI is InChI=1S/C13H18N4OS/c1-10-6-16(2)13(15-10)12-8-17(3-4-18-12)7-11-5-14-9-19-11/h5-6,9,12H,3-4,7-8H2,1-2H3/t12-/m1/s1. The number of aryl methyl sites for hydroxylation is 2. The highest BCUT2D eigenvalue weighted by molar-refractivity contribution is 7.09. The molecule has 19 heavy (non-hydrogen) atoms. The third-order valence-corrected chi connectivity index (χ3v) is 4.10. The van der Waals surface area contributed by atoms with Gasteiger partial charge in [0.25, 0.3) is 0 Å². The van der Waals surface area contributed by atoms with Crippen molar-refractivity contribution >= 4 is 11.3 Å². The van der Waals surface area contributed by atoms with Gasteiger partial charge in [-0.25, -0.2) is 4.98 Å². The maximum atomic E-state index is 5.87.